The maximum Gasteiger partial charge on any atom is 0.342 e. The minimum absolute atomic E-state index is 0.178. The van der Waals surface area contributed by atoms with Gasteiger partial charge in [-0.2, -0.15) is 0 Å². The van der Waals surface area contributed by atoms with Crippen LogP contribution in [-0.2, 0) is 14.8 Å². The largest absolute Gasteiger partial charge is 0.462 e. The Morgan fingerprint density at radius 1 is 1.23 bits per heavy atom. The Balaban J connectivity index is 1.93. The van der Waals surface area contributed by atoms with Crippen molar-refractivity contribution in [3.8, 4) is 0 Å². The Labute approximate surface area is 172 Å². The van der Waals surface area contributed by atoms with Crippen LogP contribution < -0.4 is 4.72 Å². The highest BCUT2D eigenvalue weighted by Gasteiger charge is 2.22. The van der Waals surface area contributed by atoms with E-state index < -0.39 is 20.9 Å². The number of anilines is 1. The van der Waals surface area contributed by atoms with Gasteiger partial charge in [0.15, 0.2) is 0 Å². The van der Waals surface area contributed by atoms with Crippen LogP contribution in [0.25, 0.3) is 11.0 Å². The monoisotopic (exact) mass is 432 g/mol. The highest BCUT2D eigenvalue weighted by atomic mass is 32.2. The second-order valence-electron chi connectivity index (χ2n) is 6.59. The lowest BCUT2D eigenvalue weighted by Crippen LogP contribution is -2.13. The lowest BCUT2D eigenvalue weighted by Gasteiger charge is -2.08. The van der Waals surface area contributed by atoms with E-state index in [1.165, 1.54) is 36.4 Å². The van der Waals surface area contributed by atoms with Crippen molar-refractivity contribution < 1.29 is 27.3 Å². The number of ether oxygens (including phenoxy) is 1. The summed E-state index contributed by atoms with van der Waals surface area (Å²) in [4.78, 5) is 22.4. The molecule has 30 heavy (non-hydrogen) atoms. The molecule has 0 radical (unpaired) electrons. The van der Waals surface area contributed by atoms with Crippen molar-refractivity contribution in [2.75, 3.05) is 11.3 Å². The van der Waals surface area contributed by atoms with E-state index in [0.29, 0.717) is 16.7 Å². The summed E-state index contributed by atoms with van der Waals surface area (Å²) in [6.45, 7) is 3.88. The van der Waals surface area contributed by atoms with Crippen molar-refractivity contribution in [1.29, 1.82) is 0 Å². The first-order chi connectivity index (χ1) is 14.2. The topological polar surface area (TPSA) is 129 Å². The molecule has 0 bridgehead atoms. The Morgan fingerprint density at radius 3 is 2.70 bits per heavy atom. The number of esters is 1. The first-order valence-corrected chi connectivity index (χ1v) is 10.7. The van der Waals surface area contributed by atoms with E-state index in [4.69, 9.17) is 9.15 Å². The summed E-state index contributed by atoms with van der Waals surface area (Å²) in [6, 6.07) is 9.21. The van der Waals surface area contributed by atoms with Crippen LogP contribution >= 0.6 is 0 Å². The van der Waals surface area contributed by atoms with E-state index in [1.807, 2.05) is 6.92 Å². The van der Waals surface area contributed by atoms with Gasteiger partial charge in [-0.3, -0.25) is 14.8 Å². The van der Waals surface area contributed by atoms with Gasteiger partial charge in [0.25, 0.3) is 15.7 Å². The average Bonchev–Trinajstić information content (AvgIpc) is 3.03. The quantitative estimate of drug-likeness (QED) is 0.242. The number of nitro groups is 1. The second-order valence-corrected chi connectivity index (χ2v) is 8.28. The zero-order valence-electron chi connectivity index (χ0n) is 16.4. The number of rotatable bonds is 8. The first-order valence-electron chi connectivity index (χ1n) is 9.20. The van der Waals surface area contributed by atoms with Gasteiger partial charge in [0, 0.05) is 23.2 Å². The fourth-order valence-corrected chi connectivity index (χ4v) is 3.99. The van der Waals surface area contributed by atoms with E-state index in [0.717, 1.165) is 18.9 Å². The second kappa shape index (κ2) is 8.54. The first kappa shape index (κ1) is 21.3. The molecular formula is C20H20N2O7S. The molecule has 0 aliphatic heterocycles. The summed E-state index contributed by atoms with van der Waals surface area (Å²) in [6.07, 6.45) is 1.61. The van der Waals surface area contributed by atoms with Crippen LogP contribution in [0, 0.1) is 17.0 Å². The molecule has 9 nitrogen and oxygen atoms in total. The summed E-state index contributed by atoms with van der Waals surface area (Å²) in [7, 11) is -4.08. The number of carbonyl (C=O) groups is 1. The maximum absolute atomic E-state index is 12.7. The predicted octanol–water partition coefficient (Wildman–Crippen LogP) is 4.41. The molecule has 0 saturated carbocycles. The molecule has 3 aromatic rings. The number of nitro benzene ring substituents is 1. The molecule has 1 aromatic heterocycles. The summed E-state index contributed by atoms with van der Waals surface area (Å²) in [5.41, 5.74) is 0.485. The van der Waals surface area contributed by atoms with Crippen molar-refractivity contribution in [3.05, 3.63) is 63.9 Å². The predicted molar refractivity (Wildman–Crippen MR) is 110 cm³/mol. The van der Waals surface area contributed by atoms with E-state index >= 15 is 0 Å². The number of carbonyl (C=O) groups excluding carboxylic acids is 1. The van der Waals surface area contributed by atoms with Crippen LogP contribution in [0.3, 0.4) is 0 Å². The molecule has 0 spiro atoms. The Morgan fingerprint density at radius 2 is 2.00 bits per heavy atom. The molecule has 158 valence electrons. The van der Waals surface area contributed by atoms with Gasteiger partial charge in [0.05, 0.1) is 16.4 Å². The number of aryl methyl sites for hydroxylation is 1. The molecule has 0 saturated heterocycles. The summed E-state index contributed by atoms with van der Waals surface area (Å²) < 4.78 is 38.5. The average molecular weight is 432 g/mol. The third-order valence-electron chi connectivity index (χ3n) is 4.39. The van der Waals surface area contributed by atoms with Crippen molar-refractivity contribution in [2.24, 2.45) is 0 Å². The number of fused-ring (bicyclic) bond motifs is 1. The van der Waals surface area contributed by atoms with Crippen LogP contribution in [0.2, 0.25) is 0 Å². The van der Waals surface area contributed by atoms with Gasteiger partial charge in [-0.05, 0) is 37.6 Å². The molecule has 1 heterocycles. The standard InChI is InChI=1S/C20H20N2O7S/c1-3-4-10-28-20(23)19-13(2)29-18-9-8-14(11-17(18)19)21-30(26,27)16-7-5-6-15(12-16)22(24)25/h5-9,11-12,21H,3-4,10H2,1-2H3. The van der Waals surface area contributed by atoms with E-state index in [2.05, 4.69) is 4.72 Å². The number of furan rings is 1. The highest BCUT2D eigenvalue weighted by molar-refractivity contribution is 7.92. The van der Waals surface area contributed by atoms with Crippen LogP contribution in [0.5, 0.6) is 0 Å². The molecule has 0 unspecified atom stereocenters. The smallest absolute Gasteiger partial charge is 0.342 e. The van der Waals surface area contributed by atoms with E-state index in [1.54, 1.807) is 6.92 Å². The highest BCUT2D eigenvalue weighted by Crippen LogP contribution is 2.30. The van der Waals surface area contributed by atoms with Crippen molar-refractivity contribution in [3.63, 3.8) is 0 Å². The summed E-state index contributed by atoms with van der Waals surface area (Å²) in [5, 5.41) is 11.3. The molecule has 0 aliphatic carbocycles. The SMILES string of the molecule is CCCCOC(=O)c1c(C)oc2ccc(NS(=O)(=O)c3cccc([N+](=O)[O-])c3)cc12. The molecule has 10 heteroatoms. The minimum Gasteiger partial charge on any atom is -0.462 e. The Kier molecular flexibility index (Phi) is 6.06. The number of nitrogens with zero attached hydrogens (tertiary/aromatic N) is 1. The van der Waals surface area contributed by atoms with Crippen LogP contribution in [0.15, 0.2) is 51.8 Å². The molecule has 3 rings (SSSR count). The van der Waals surface area contributed by atoms with Crippen molar-refractivity contribution in [2.45, 2.75) is 31.6 Å². The maximum atomic E-state index is 12.7. The fourth-order valence-electron chi connectivity index (χ4n) is 2.90. The van der Waals surface area contributed by atoms with Crippen LogP contribution in [0.1, 0.15) is 35.9 Å². The van der Waals surface area contributed by atoms with Crippen LogP contribution in [-0.4, -0.2) is 25.9 Å². The summed E-state index contributed by atoms with van der Waals surface area (Å²) in [5.74, 6) is -0.177. The molecule has 1 N–H and O–H groups in total. The van der Waals surface area contributed by atoms with Crippen molar-refractivity contribution >= 4 is 38.3 Å². The number of unbranched alkanes of at least 4 members (excludes halogenated alkanes) is 1. The van der Waals surface area contributed by atoms with Gasteiger partial charge >= 0.3 is 5.97 Å². The lowest BCUT2D eigenvalue weighted by atomic mass is 10.1. The number of non-ortho nitro benzene ring substituents is 1. The zero-order chi connectivity index (χ0) is 21.9. The third-order valence-corrected chi connectivity index (χ3v) is 5.77. The Hall–Kier alpha value is -3.40. The molecule has 0 amide bonds. The molecule has 0 aliphatic rings. The van der Waals surface area contributed by atoms with Gasteiger partial charge in [-0.1, -0.05) is 19.4 Å². The molecule has 2 aromatic carbocycles. The van der Waals surface area contributed by atoms with Gasteiger partial charge < -0.3 is 9.15 Å². The van der Waals surface area contributed by atoms with Gasteiger partial charge in [0.1, 0.15) is 16.9 Å². The molecule has 0 atom stereocenters. The van der Waals surface area contributed by atoms with Gasteiger partial charge in [-0.15, -0.1) is 0 Å². The lowest BCUT2D eigenvalue weighted by molar-refractivity contribution is -0.385. The number of hydrogen-bond acceptors (Lipinski definition) is 7. The number of sulfonamides is 1. The Bertz CT molecular complexity index is 1220. The third kappa shape index (κ3) is 4.43. The fraction of sp³-hybridized carbons (Fsp3) is 0.250. The number of benzene rings is 2. The molecule has 0 fully saturated rings. The van der Waals surface area contributed by atoms with Gasteiger partial charge in [-0.25, -0.2) is 13.2 Å². The normalized spacial score (nSPS) is 11.4. The van der Waals surface area contributed by atoms with E-state index in [-0.39, 0.29) is 28.4 Å². The van der Waals surface area contributed by atoms with E-state index in [9.17, 15) is 23.3 Å². The number of hydrogen-bond donors (Lipinski definition) is 1. The summed E-state index contributed by atoms with van der Waals surface area (Å²) >= 11 is 0. The minimum atomic E-state index is -4.08. The number of nitrogens with one attached hydrogen (secondary N) is 1. The van der Waals surface area contributed by atoms with Crippen molar-refractivity contribution in [1.82, 2.24) is 0 Å². The molecular weight excluding hydrogens is 412 g/mol. The zero-order valence-corrected chi connectivity index (χ0v) is 17.2. The van der Waals surface area contributed by atoms with Crippen LogP contribution in [0.4, 0.5) is 11.4 Å². The van der Waals surface area contributed by atoms with Gasteiger partial charge in [0.2, 0.25) is 0 Å².